The molecule has 10 nitrogen and oxygen atoms in total. The van der Waals surface area contributed by atoms with Crippen molar-refractivity contribution in [2.24, 2.45) is 0 Å². The summed E-state index contributed by atoms with van der Waals surface area (Å²) in [4.78, 5) is 59.6. The predicted octanol–water partition coefficient (Wildman–Crippen LogP) is 3.44. The van der Waals surface area contributed by atoms with Gasteiger partial charge in [-0.15, -0.1) is 0 Å². The van der Waals surface area contributed by atoms with Crippen LogP contribution < -0.4 is 5.32 Å². The van der Waals surface area contributed by atoms with Crippen molar-refractivity contribution in [3.05, 3.63) is 68.2 Å². The molecule has 178 valence electrons. The van der Waals surface area contributed by atoms with E-state index in [1.807, 2.05) is 5.32 Å². The molecule has 2 aromatic rings. The van der Waals surface area contributed by atoms with E-state index in [0.29, 0.717) is 11.0 Å². The first kappa shape index (κ1) is 24.6. The molecule has 1 aliphatic heterocycles. The van der Waals surface area contributed by atoms with Crippen molar-refractivity contribution in [3.63, 3.8) is 0 Å². The Morgan fingerprint density at radius 1 is 1.15 bits per heavy atom. The summed E-state index contributed by atoms with van der Waals surface area (Å²) in [6.45, 7) is -1.42. The maximum Gasteiger partial charge on any atom is 0.418 e. The van der Waals surface area contributed by atoms with Crippen molar-refractivity contribution >= 4 is 46.7 Å². The van der Waals surface area contributed by atoms with Gasteiger partial charge in [-0.05, 0) is 24.3 Å². The van der Waals surface area contributed by atoms with Crippen molar-refractivity contribution in [1.82, 2.24) is 4.90 Å². The standard InChI is InChI=1S/C20H13ClF3N3O7/c21-10-4-5-13(12(8-10)20(22,23)24)25-15(28)9-34-16(29)6-7-26-18(30)11-2-1-3-14(27(32)33)17(11)19(26)31/h1-5,8H,6-7,9H2,(H,25,28). The van der Waals surface area contributed by atoms with E-state index in [-0.39, 0.29) is 10.6 Å². The van der Waals surface area contributed by atoms with Crippen LogP contribution in [0.3, 0.4) is 0 Å². The highest BCUT2D eigenvalue weighted by Gasteiger charge is 2.41. The molecular weight excluding hydrogens is 487 g/mol. The number of hydrogen-bond acceptors (Lipinski definition) is 7. The second-order valence-corrected chi connectivity index (χ2v) is 7.30. The number of alkyl halides is 3. The smallest absolute Gasteiger partial charge is 0.418 e. The molecule has 2 aromatic carbocycles. The number of rotatable bonds is 7. The Morgan fingerprint density at radius 2 is 1.85 bits per heavy atom. The molecular formula is C20H13ClF3N3O7. The van der Waals surface area contributed by atoms with E-state index in [1.165, 1.54) is 12.1 Å². The number of carbonyl (C=O) groups is 4. The molecule has 0 spiro atoms. The highest BCUT2D eigenvalue weighted by atomic mass is 35.5. The Balaban J connectivity index is 1.56. The molecule has 0 bridgehead atoms. The van der Waals surface area contributed by atoms with Crippen LogP contribution >= 0.6 is 11.6 Å². The number of nitrogens with one attached hydrogen (secondary N) is 1. The van der Waals surface area contributed by atoms with Gasteiger partial charge in [-0.3, -0.25) is 34.2 Å². The Labute approximate surface area is 193 Å². The molecule has 0 atom stereocenters. The fourth-order valence-electron chi connectivity index (χ4n) is 3.14. The number of hydrogen-bond donors (Lipinski definition) is 1. The summed E-state index contributed by atoms with van der Waals surface area (Å²) in [5.41, 5.74) is -2.92. The summed E-state index contributed by atoms with van der Waals surface area (Å²) >= 11 is 5.56. The summed E-state index contributed by atoms with van der Waals surface area (Å²) in [6.07, 6.45) is -5.35. The summed E-state index contributed by atoms with van der Waals surface area (Å²) in [5, 5.41) is 12.9. The molecule has 1 heterocycles. The van der Waals surface area contributed by atoms with Gasteiger partial charge in [0.1, 0.15) is 5.56 Å². The van der Waals surface area contributed by atoms with E-state index in [9.17, 15) is 42.5 Å². The van der Waals surface area contributed by atoms with Crippen molar-refractivity contribution in [2.75, 3.05) is 18.5 Å². The SMILES string of the molecule is O=C(COC(=O)CCN1C(=O)c2cccc([N+](=O)[O-])c2C1=O)Nc1ccc(Cl)cc1C(F)(F)F. The van der Waals surface area contributed by atoms with Gasteiger partial charge in [0.15, 0.2) is 6.61 Å². The highest BCUT2D eigenvalue weighted by molar-refractivity contribution is 6.30. The fraction of sp³-hybridized carbons (Fsp3) is 0.200. The molecule has 14 heteroatoms. The Morgan fingerprint density at radius 3 is 2.50 bits per heavy atom. The molecule has 0 fully saturated rings. The van der Waals surface area contributed by atoms with E-state index >= 15 is 0 Å². The topological polar surface area (TPSA) is 136 Å². The molecule has 0 saturated carbocycles. The third kappa shape index (κ3) is 5.14. The van der Waals surface area contributed by atoms with Gasteiger partial charge >= 0.3 is 12.1 Å². The zero-order chi connectivity index (χ0) is 25.2. The largest absolute Gasteiger partial charge is 0.456 e. The normalized spacial score (nSPS) is 13.0. The monoisotopic (exact) mass is 499 g/mol. The second-order valence-electron chi connectivity index (χ2n) is 6.87. The van der Waals surface area contributed by atoms with Crippen LogP contribution in [0.1, 0.15) is 32.7 Å². The number of nitro groups is 1. The van der Waals surface area contributed by atoms with E-state index in [2.05, 4.69) is 4.74 Å². The van der Waals surface area contributed by atoms with Crippen molar-refractivity contribution in [2.45, 2.75) is 12.6 Å². The number of nitro benzene ring substituents is 1. The zero-order valence-electron chi connectivity index (χ0n) is 16.8. The third-order valence-electron chi connectivity index (χ3n) is 4.64. The van der Waals surface area contributed by atoms with Crippen molar-refractivity contribution in [3.8, 4) is 0 Å². The van der Waals surface area contributed by atoms with Crippen molar-refractivity contribution < 1.29 is 42.0 Å². The maximum absolute atomic E-state index is 13.1. The molecule has 0 aromatic heterocycles. The van der Waals surface area contributed by atoms with Gasteiger partial charge in [0.05, 0.1) is 28.2 Å². The first-order chi connectivity index (χ1) is 15.9. The van der Waals surface area contributed by atoms with Crippen LogP contribution in [0.5, 0.6) is 0 Å². The molecule has 3 rings (SSSR count). The van der Waals surface area contributed by atoms with E-state index in [1.54, 1.807) is 0 Å². The van der Waals surface area contributed by atoms with Gasteiger partial charge in [0.25, 0.3) is 23.4 Å². The number of benzene rings is 2. The molecule has 3 amide bonds. The van der Waals surface area contributed by atoms with Crippen LogP contribution in [0.2, 0.25) is 5.02 Å². The van der Waals surface area contributed by atoms with Gasteiger partial charge in [0, 0.05) is 17.6 Å². The summed E-state index contributed by atoms with van der Waals surface area (Å²) in [7, 11) is 0. The van der Waals surface area contributed by atoms with Gasteiger partial charge in [-0.2, -0.15) is 13.2 Å². The minimum absolute atomic E-state index is 0.185. The second kappa shape index (κ2) is 9.47. The highest BCUT2D eigenvalue weighted by Crippen LogP contribution is 2.36. The van der Waals surface area contributed by atoms with Gasteiger partial charge in [-0.1, -0.05) is 17.7 Å². The lowest BCUT2D eigenvalue weighted by atomic mass is 10.1. The molecule has 0 radical (unpaired) electrons. The number of carbonyl (C=O) groups excluding carboxylic acids is 4. The first-order valence-corrected chi connectivity index (χ1v) is 9.73. The van der Waals surface area contributed by atoms with Crippen LogP contribution in [0, 0.1) is 10.1 Å². The van der Waals surface area contributed by atoms with Crippen molar-refractivity contribution in [1.29, 1.82) is 0 Å². The maximum atomic E-state index is 13.1. The number of fused-ring (bicyclic) bond motifs is 1. The Bertz CT molecular complexity index is 1220. The average molecular weight is 500 g/mol. The number of nitrogens with zero attached hydrogens (tertiary/aromatic N) is 2. The molecule has 0 saturated heterocycles. The van der Waals surface area contributed by atoms with E-state index < -0.39 is 76.9 Å². The van der Waals surface area contributed by atoms with Gasteiger partial charge in [0.2, 0.25) is 0 Å². The molecule has 0 aliphatic carbocycles. The predicted molar refractivity (Wildman–Crippen MR) is 109 cm³/mol. The van der Waals surface area contributed by atoms with Crippen LogP contribution in [0.25, 0.3) is 0 Å². The number of esters is 1. The van der Waals surface area contributed by atoms with Crippen LogP contribution in [-0.2, 0) is 20.5 Å². The number of amides is 3. The summed E-state index contributed by atoms with van der Waals surface area (Å²) in [6, 6.07) is 6.22. The van der Waals surface area contributed by atoms with Crippen LogP contribution in [0.15, 0.2) is 36.4 Å². The summed E-state index contributed by atoms with van der Waals surface area (Å²) in [5.74, 6) is -3.90. The van der Waals surface area contributed by atoms with Crippen LogP contribution in [0.4, 0.5) is 24.5 Å². The fourth-order valence-corrected chi connectivity index (χ4v) is 3.31. The quantitative estimate of drug-likeness (QED) is 0.267. The van der Waals surface area contributed by atoms with Gasteiger partial charge < -0.3 is 10.1 Å². The Kier molecular flexibility index (Phi) is 6.86. The lowest BCUT2D eigenvalue weighted by Crippen LogP contribution is -2.32. The van der Waals surface area contributed by atoms with Crippen LogP contribution in [-0.4, -0.2) is 46.7 Å². The average Bonchev–Trinajstić information content (AvgIpc) is 3.01. The number of halogens is 4. The molecule has 1 N–H and O–H groups in total. The number of anilines is 1. The third-order valence-corrected chi connectivity index (χ3v) is 4.87. The molecule has 34 heavy (non-hydrogen) atoms. The lowest BCUT2D eigenvalue weighted by Gasteiger charge is -2.15. The molecule has 0 unspecified atom stereocenters. The number of imide groups is 1. The lowest BCUT2D eigenvalue weighted by molar-refractivity contribution is -0.385. The minimum atomic E-state index is -4.80. The zero-order valence-corrected chi connectivity index (χ0v) is 17.6. The van der Waals surface area contributed by atoms with Gasteiger partial charge in [-0.25, -0.2) is 0 Å². The Hall–Kier alpha value is -4.00. The first-order valence-electron chi connectivity index (χ1n) is 9.36. The number of ether oxygens (including phenoxy) is 1. The van der Waals surface area contributed by atoms with E-state index in [0.717, 1.165) is 18.2 Å². The van der Waals surface area contributed by atoms with E-state index in [4.69, 9.17) is 11.6 Å². The summed E-state index contributed by atoms with van der Waals surface area (Å²) < 4.78 is 43.9. The minimum Gasteiger partial charge on any atom is -0.456 e. The molecule has 1 aliphatic rings.